The molecule has 1 N–H and O–H groups in total. The maximum Gasteiger partial charge on any atom is 0.123 e. The molecular weight excluding hydrogens is 281 g/mol. The minimum absolute atomic E-state index is 0.199. The van der Waals surface area contributed by atoms with Gasteiger partial charge in [-0.3, -0.25) is 4.90 Å². The van der Waals surface area contributed by atoms with E-state index in [1.807, 2.05) is 23.9 Å². The van der Waals surface area contributed by atoms with Gasteiger partial charge in [0.15, 0.2) is 0 Å². The fraction of sp³-hybridized carbons (Fsp3) is 0.471. The first-order valence-corrected chi connectivity index (χ1v) is 7.72. The number of benzene rings is 1. The van der Waals surface area contributed by atoms with Gasteiger partial charge in [0.1, 0.15) is 5.82 Å². The lowest BCUT2D eigenvalue weighted by atomic mass is 9.88. The van der Waals surface area contributed by atoms with Gasteiger partial charge in [-0.05, 0) is 43.0 Å². The quantitative estimate of drug-likeness (QED) is 0.939. The number of aliphatic hydroxyl groups is 1. The first-order chi connectivity index (χ1) is 10.6. The van der Waals surface area contributed by atoms with Crippen molar-refractivity contribution in [2.45, 2.75) is 25.5 Å². The van der Waals surface area contributed by atoms with E-state index in [-0.39, 0.29) is 17.8 Å². The van der Waals surface area contributed by atoms with Crippen LogP contribution in [0.15, 0.2) is 36.8 Å². The number of β-amino-alcohol motifs (C(OH)–C–C–N with tert-alkyl or cyclic N) is 1. The average Bonchev–Trinajstić information content (AvgIpc) is 2.87. The molecule has 0 aliphatic carbocycles. The number of imidazole rings is 1. The lowest BCUT2D eigenvalue weighted by molar-refractivity contribution is 0.0180. The van der Waals surface area contributed by atoms with E-state index in [0.717, 1.165) is 37.2 Å². The summed E-state index contributed by atoms with van der Waals surface area (Å²) in [6.07, 6.45) is 4.95. The second kappa shape index (κ2) is 6.58. The van der Waals surface area contributed by atoms with E-state index in [0.29, 0.717) is 6.54 Å². The molecule has 118 valence electrons. The summed E-state index contributed by atoms with van der Waals surface area (Å²) in [6.45, 7) is 2.41. The van der Waals surface area contributed by atoms with E-state index in [2.05, 4.69) is 9.88 Å². The third-order valence-electron chi connectivity index (χ3n) is 4.49. The van der Waals surface area contributed by atoms with Gasteiger partial charge < -0.3 is 9.67 Å². The molecule has 0 unspecified atom stereocenters. The molecule has 4 nitrogen and oxygen atoms in total. The number of rotatable bonds is 4. The van der Waals surface area contributed by atoms with Gasteiger partial charge in [-0.15, -0.1) is 0 Å². The molecule has 2 aromatic rings. The third-order valence-corrected chi connectivity index (χ3v) is 4.49. The zero-order chi connectivity index (χ0) is 15.5. The maximum atomic E-state index is 13.3. The number of hydrogen-bond acceptors (Lipinski definition) is 3. The van der Waals surface area contributed by atoms with Crippen LogP contribution in [0.1, 0.15) is 17.7 Å². The molecule has 1 aliphatic heterocycles. The second-order valence-corrected chi connectivity index (χ2v) is 6.18. The number of halogens is 1. The highest BCUT2D eigenvalue weighted by Crippen LogP contribution is 2.23. The smallest absolute Gasteiger partial charge is 0.123 e. The van der Waals surface area contributed by atoms with Gasteiger partial charge >= 0.3 is 0 Å². The first kappa shape index (κ1) is 15.2. The van der Waals surface area contributed by atoms with Crippen molar-refractivity contribution in [2.75, 3.05) is 13.1 Å². The van der Waals surface area contributed by atoms with Crippen LogP contribution in [0.25, 0.3) is 0 Å². The molecule has 1 aromatic carbocycles. The summed E-state index contributed by atoms with van der Waals surface area (Å²) in [5.41, 5.74) is 2.11. The van der Waals surface area contributed by atoms with Crippen molar-refractivity contribution in [2.24, 2.45) is 13.0 Å². The van der Waals surface area contributed by atoms with E-state index in [1.54, 1.807) is 18.5 Å². The fourth-order valence-corrected chi connectivity index (χ4v) is 3.16. The van der Waals surface area contributed by atoms with Gasteiger partial charge in [0, 0.05) is 26.3 Å². The normalized spacial score (nSPS) is 22.9. The van der Waals surface area contributed by atoms with Crippen molar-refractivity contribution in [3.63, 3.8) is 0 Å². The number of likely N-dealkylation sites (tertiary alicyclic amines) is 1. The van der Waals surface area contributed by atoms with Crippen molar-refractivity contribution in [1.29, 1.82) is 0 Å². The van der Waals surface area contributed by atoms with Gasteiger partial charge in [-0.1, -0.05) is 12.1 Å². The molecule has 0 saturated carbocycles. The third kappa shape index (κ3) is 3.54. The van der Waals surface area contributed by atoms with Crippen LogP contribution in [0.2, 0.25) is 0 Å². The van der Waals surface area contributed by atoms with Gasteiger partial charge in [0.25, 0.3) is 0 Å². The van der Waals surface area contributed by atoms with Crippen molar-refractivity contribution in [3.05, 3.63) is 53.9 Å². The van der Waals surface area contributed by atoms with Gasteiger partial charge in [0.2, 0.25) is 0 Å². The summed E-state index contributed by atoms with van der Waals surface area (Å²) in [6, 6.07) is 6.68. The molecule has 1 fully saturated rings. The van der Waals surface area contributed by atoms with Crippen molar-refractivity contribution < 1.29 is 9.50 Å². The van der Waals surface area contributed by atoms with Gasteiger partial charge in [0.05, 0.1) is 18.1 Å². The predicted molar refractivity (Wildman–Crippen MR) is 82.7 cm³/mol. The van der Waals surface area contributed by atoms with Crippen LogP contribution in [0.5, 0.6) is 0 Å². The van der Waals surface area contributed by atoms with Crippen molar-refractivity contribution >= 4 is 0 Å². The molecule has 3 rings (SSSR count). The number of hydrogen-bond donors (Lipinski definition) is 1. The second-order valence-electron chi connectivity index (χ2n) is 6.18. The lowest BCUT2D eigenvalue weighted by Gasteiger charge is -2.36. The Morgan fingerprint density at radius 1 is 1.41 bits per heavy atom. The minimum atomic E-state index is -0.370. The maximum absolute atomic E-state index is 13.3. The Hall–Kier alpha value is -1.72. The van der Waals surface area contributed by atoms with Crippen LogP contribution >= 0.6 is 0 Å². The Morgan fingerprint density at radius 2 is 2.27 bits per heavy atom. The van der Waals surface area contributed by atoms with Crippen LogP contribution in [0, 0.1) is 11.7 Å². The molecule has 2 atom stereocenters. The Labute approximate surface area is 130 Å². The molecule has 0 spiro atoms. The van der Waals surface area contributed by atoms with Crippen LogP contribution in [0.3, 0.4) is 0 Å². The van der Waals surface area contributed by atoms with E-state index in [1.165, 1.54) is 6.07 Å². The molecule has 1 saturated heterocycles. The zero-order valence-corrected chi connectivity index (χ0v) is 12.8. The van der Waals surface area contributed by atoms with Crippen molar-refractivity contribution in [3.8, 4) is 0 Å². The Kier molecular flexibility index (Phi) is 4.55. The summed E-state index contributed by atoms with van der Waals surface area (Å²) >= 11 is 0. The number of nitrogens with zero attached hydrogens (tertiary/aromatic N) is 3. The number of piperidine rings is 1. The highest BCUT2D eigenvalue weighted by atomic mass is 19.1. The number of aryl methyl sites for hydroxylation is 1. The molecule has 5 heteroatoms. The Bertz CT molecular complexity index is 628. The van der Waals surface area contributed by atoms with Crippen LogP contribution in [-0.4, -0.2) is 38.8 Å². The SMILES string of the molecule is Cn1cncc1CN1CC[C@H](Cc2cccc(F)c2)[C@H](O)C1. The average molecular weight is 303 g/mol. The molecule has 2 heterocycles. The van der Waals surface area contributed by atoms with E-state index in [9.17, 15) is 9.50 Å². The standard InChI is InChI=1S/C17H22FN3O/c1-20-12-19-9-16(20)10-21-6-5-14(17(22)11-21)7-13-3-2-4-15(18)8-13/h2-4,8-9,12,14,17,22H,5-7,10-11H2,1H3/t14-,17-/m1/s1. The Morgan fingerprint density at radius 3 is 2.95 bits per heavy atom. The van der Waals surface area contributed by atoms with Crippen molar-refractivity contribution in [1.82, 2.24) is 14.5 Å². The molecular formula is C17H22FN3O. The predicted octanol–water partition coefficient (Wildman–Crippen LogP) is 1.98. The van der Waals surface area contributed by atoms with E-state index >= 15 is 0 Å². The summed E-state index contributed by atoms with van der Waals surface area (Å²) in [5.74, 6) is -0.00905. The monoisotopic (exact) mass is 303 g/mol. The van der Waals surface area contributed by atoms with Crippen LogP contribution in [-0.2, 0) is 20.0 Å². The van der Waals surface area contributed by atoms with Gasteiger partial charge in [-0.2, -0.15) is 0 Å². The van der Waals surface area contributed by atoms with E-state index < -0.39 is 0 Å². The van der Waals surface area contributed by atoms with Crippen LogP contribution in [0.4, 0.5) is 4.39 Å². The highest BCUT2D eigenvalue weighted by molar-refractivity contribution is 5.17. The molecule has 1 aliphatic rings. The summed E-state index contributed by atoms with van der Waals surface area (Å²) in [4.78, 5) is 6.38. The highest BCUT2D eigenvalue weighted by Gasteiger charge is 2.28. The first-order valence-electron chi connectivity index (χ1n) is 7.72. The minimum Gasteiger partial charge on any atom is -0.391 e. The summed E-state index contributed by atoms with van der Waals surface area (Å²) in [7, 11) is 1.98. The largest absolute Gasteiger partial charge is 0.391 e. The number of aliphatic hydroxyl groups excluding tert-OH is 1. The molecule has 1 aromatic heterocycles. The Balaban J connectivity index is 1.57. The topological polar surface area (TPSA) is 41.3 Å². The molecule has 0 amide bonds. The van der Waals surface area contributed by atoms with Gasteiger partial charge in [-0.25, -0.2) is 9.37 Å². The number of aromatic nitrogens is 2. The zero-order valence-electron chi connectivity index (χ0n) is 12.8. The summed E-state index contributed by atoms with van der Waals surface area (Å²) in [5, 5.41) is 10.4. The molecule has 0 radical (unpaired) electrons. The van der Waals surface area contributed by atoms with Crippen LogP contribution < -0.4 is 0 Å². The molecule has 22 heavy (non-hydrogen) atoms. The lowest BCUT2D eigenvalue weighted by Crippen LogP contribution is -2.44. The van der Waals surface area contributed by atoms with E-state index in [4.69, 9.17) is 0 Å². The fourth-order valence-electron chi connectivity index (χ4n) is 3.16. The summed E-state index contributed by atoms with van der Waals surface area (Å²) < 4.78 is 15.3. The molecule has 0 bridgehead atoms.